The van der Waals surface area contributed by atoms with Crippen LogP contribution >= 0.6 is 0 Å². The van der Waals surface area contributed by atoms with Crippen LogP contribution in [-0.2, 0) is 11.2 Å². The number of benzene rings is 2. The zero-order chi connectivity index (χ0) is 20.0. The highest BCUT2D eigenvalue weighted by Crippen LogP contribution is 2.35. The van der Waals surface area contributed by atoms with Gasteiger partial charge in [0, 0.05) is 48.2 Å². The van der Waals surface area contributed by atoms with E-state index in [-0.39, 0.29) is 5.91 Å². The molecule has 4 aromatic rings. The van der Waals surface area contributed by atoms with Gasteiger partial charge in [-0.3, -0.25) is 14.8 Å². The normalized spacial score (nSPS) is 13.6. The molecule has 142 valence electrons. The fourth-order valence-corrected chi connectivity index (χ4v) is 4.02. The number of carbonyl (C=O) groups is 1. The molecule has 5 rings (SSSR count). The maximum absolute atomic E-state index is 12.0. The summed E-state index contributed by atoms with van der Waals surface area (Å²) in [5.41, 5.74) is 7.48. The molecule has 0 saturated carbocycles. The minimum Gasteiger partial charge on any atom is -0.315 e. The number of hydrogen-bond acceptors (Lipinski definition) is 3. The van der Waals surface area contributed by atoms with Gasteiger partial charge in [0.1, 0.15) is 0 Å². The third-order valence-corrected chi connectivity index (χ3v) is 5.71. The summed E-state index contributed by atoms with van der Waals surface area (Å²) in [6.07, 6.45) is 5.18. The van der Waals surface area contributed by atoms with Crippen LogP contribution in [0.15, 0.2) is 67.0 Å². The van der Waals surface area contributed by atoms with E-state index < -0.39 is 0 Å². The number of rotatable bonds is 2. The number of pyridine rings is 2. The van der Waals surface area contributed by atoms with Gasteiger partial charge in [-0.25, -0.2) is 0 Å². The van der Waals surface area contributed by atoms with Gasteiger partial charge in [-0.05, 0) is 65.8 Å². The summed E-state index contributed by atoms with van der Waals surface area (Å²) in [4.78, 5) is 22.8. The van der Waals surface area contributed by atoms with Crippen molar-refractivity contribution in [3.8, 4) is 22.4 Å². The first kappa shape index (κ1) is 17.6. The molecule has 0 fully saturated rings. The average molecular weight is 379 g/mol. The number of aryl methyl sites for hydroxylation is 2. The lowest BCUT2D eigenvalue weighted by Crippen LogP contribution is -2.30. The summed E-state index contributed by atoms with van der Waals surface area (Å²) in [6, 6.07) is 18.9. The number of hydrogen-bond donors (Lipinski definition) is 0. The van der Waals surface area contributed by atoms with Crippen molar-refractivity contribution in [2.75, 3.05) is 11.9 Å². The van der Waals surface area contributed by atoms with Crippen LogP contribution in [-0.4, -0.2) is 22.9 Å². The average Bonchev–Trinajstić information content (AvgIpc) is 2.76. The lowest BCUT2D eigenvalue weighted by molar-refractivity contribution is -0.118. The van der Waals surface area contributed by atoms with Gasteiger partial charge in [0.25, 0.3) is 0 Å². The number of anilines is 1. The van der Waals surface area contributed by atoms with Crippen LogP contribution in [0, 0.1) is 6.92 Å². The van der Waals surface area contributed by atoms with Gasteiger partial charge < -0.3 is 4.90 Å². The Balaban J connectivity index is 1.59. The molecule has 2 aromatic carbocycles. The Morgan fingerprint density at radius 3 is 2.59 bits per heavy atom. The summed E-state index contributed by atoms with van der Waals surface area (Å²) >= 11 is 0. The highest BCUT2D eigenvalue weighted by molar-refractivity contribution is 5.99. The first-order valence-electron chi connectivity index (χ1n) is 9.82. The zero-order valence-corrected chi connectivity index (χ0v) is 16.5. The van der Waals surface area contributed by atoms with Gasteiger partial charge in [0.05, 0.1) is 5.69 Å². The van der Waals surface area contributed by atoms with Gasteiger partial charge in [-0.15, -0.1) is 0 Å². The van der Waals surface area contributed by atoms with Gasteiger partial charge >= 0.3 is 0 Å². The van der Waals surface area contributed by atoms with Crippen molar-refractivity contribution in [1.29, 1.82) is 0 Å². The van der Waals surface area contributed by atoms with E-state index in [2.05, 4.69) is 53.5 Å². The molecule has 3 heterocycles. The third-order valence-electron chi connectivity index (χ3n) is 5.71. The van der Waals surface area contributed by atoms with Crippen molar-refractivity contribution in [2.24, 2.45) is 0 Å². The minimum absolute atomic E-state index is 0.178. The molecule has 29 heavy (non-hydrogen) atoms. The number of nitrogens with zero attached hydrogens (tertiary/aromatic N) is 3. The van der Waals surface area contributed by atoms with E-state index in [1.807, 2.05) is 32.4 Å². The fraction of sp³-hybridized carbons (Fsp3) is 0.160. The minimum atomic E-state index is 0.178. The Morgan fingerprint density at radius 2 is 1.76 bits per heavy atom. The second-order valence-electron chi connectivity index (χ2n) is 7.58. The van der Waals surface area contributed by atoms with Gasteiger partial charge in [-0.2, -0.15) is 0 Å². The van der Waals surface area contributed by atoms with E-state index in [0.29, 0.717) is 6.42 Å². The standard InChI is InChI=1S/C25H21N3O/c1-16-6-7-20(14-26-16)23-13-17-4-3-5-21(22(17)15-27-23)18-8-10-24-19(12-18)9-11-25(29)28(24)2/h3-8,10,12-15H,9,11H2,1-2H3. The van der Waals surface area contributed by atoms with Crippen molar-refractivity contribution in [3.63, 3.8) is 0 Å². The van der Waals surface area contributed by atoms with Crippen LogP contribution in [0.5, 0.6) is 0 Å². The molecule has 0 saturated heterocycles. The molecule has 1 aliphatic heterocycles. The van der Waals surface area contributed by atoms with Crippen LogP contribution in [0.2, 0.25) is 0 Å². The maximum Gasteiger partial charge on any atom is 0.227 e. The SMILES string of the molecule is Cc1ccc(-c2cc3cccc(-c4ccc5c(c4)CCC(=O)N5C)c3cn2)cn1. The summed E-state index contributed by atoms with van der Waals surface area (Å²) < 4.78 is 0. The second-order valence-corrected chi connectivity index (χ2v) is 7.58. The van der Waals surface area contributed by atoms with Crippen molar-refractivity contribution >= 4 is 22.4 Å². The highest BCUT2D eigenvalue weighted by atomic mass is 16.2. The number of carbonyl (C=O) groups excluding carboxylic acids is 1. The van der Waals surface area contributed by atoms with E-state index in [4.69, 9.17) is 4.98 Å². The summed E-state index contributed by atoms with van der Waals surface area (Å²) in [5.74, 6) is 0.178. The van der Waals surface area contributed by atoms with Crippen molar-refractivity contribution in [2.45, 2.75) is 19.8 Å². The Bertz CT molecular complexity index is 1240. The van der Waals surface area contributed by atoms with Crippen molar-refractivity contribution < 1.29 is 4.79 Å². The van der Waals surface area contributed by atoms with Gasteiger partial charge in [0.2, 0.25) is 5.91 Å². The van der Waals surface area contributed by atoms with Crippen LogP contribution in [0.3, 0.4) is 0 Å². The molecular weight excluding hydrogens is 358 g/mol. The van der Waals surface area contributed by atoms with Crippen LogP contribution < -0.4 is 4.90 Å². The number of fused-ring (bicyclic) bond motifs is 2. The zero-order valence-electron chi connectivity index (χ0n) is 16.5. The van der Waals surface area contributed by atoms with E-state index in [1.54, 1.807) is 4.90 Å². The Kier molecular flexibility index (Phi) is 4.13. The van der Waals surface area contributed by atoms with Crippen LogP contribution in [0.4, 0.5) is 5.69 Å². The molecule has 0 spiro atoms. The predicted molar refractivity (Wildman–Crippen MR) is 117 cm³/mol. The molecule has 0 N–H and O–H groups in total. The fourth-order valence-electron chi connectivity index (χ4n) is 4.02. The molecule has 0 radical (unpaired) electrons. The smallest absolute Gasteiger partial charge is 0.227 e. The number of aromatic nitrogens is 2. The Morgan fingerprint density at radius 1 is 0.897 bits per heavy atom. The Labute approximate surface area is 169 Å². The third kappa shape index (κ3) is 3.07. The molecule has 2 aromatic heterocycles. The van der Waals surface area contributed by atoms with Crippen molar-refractivity contribution in [3.05, 3.63) is 78.2 Å². The lowest BCUT2D eigenvalue weighted by atomic mass is 9.93. The monoisotopic (exact) mass is 379 g/mol. The quantitative estimate of drug-likeness (QED) is 0.482. The van der Waals surface area contributed by atoms with E-state index in [0.717, 1.165) is 51.0 Å². The van der Waals surface area contributed by atoms with E-state index in [9.17, 15) is 4.79 Å². The molecule has 0 atom stereocenters. The van der Waals surface area contributed by atoms with Crippen LogP contribution in [0.1, 0.15) is 17.7 Å². The maximum atomic E-state index is 12.0. The predicted octanol–water partition coefficient (Wildman–Crippen LogP) is 5.18. The molecule has 4 nitrogen and oxygen atoms in total. The number of amides is 1. The van der Waals surface area contributed by atoms with E-state index >= 15 is 0 Å². The molecule has 0 bridgehead atoms. The van der Waals surface area contributed by atoms with Gasteiger partial charge in [-0.1, -0.05) is 24.3 Å². The summed E-state index contributed by atoms with van der Waals surface area (Å²) in [7, 11) is 1.85. The van der Waals surface area contributed by atoms with Gasteiger partial charge in [0.15, 0.2) is 0 Å². The first-order valence-corrected chi connectivity index (χ1v) is 9.82. The molecule has 1 aliphatic rings. The molecule has 4 heteroatoms. The second kappa shape index (κ2) is 6.82. The summed E-state index contributed by atoms with van der Waals surface area (Å²) in [5, 5.41) is 2.27. The van der Waals surface area contributed by atoms with E-state index in [1.165, 1.54) is 5.56 Å². The molecule has 0 unspecified atom stereocenters. The lowest BCUT2D eigenvalue weighted by Gasteiger charge is -2.26. The molecule has 0 aliphatic carbocycles. The summed E-state index contributed by atoms with van der Waals surface area (Å²) in [6.45, 7) is 1.98. The Hall–Kier alpha value is -3.53. The highest BCUT2D eigenvalue weighted by Gasteiger charge is 2.21. The topological polar surface area (TPSA) is 46.1 Å². The molecular formula is C25H21N3O. The molecule has 1 amide bonds. The largest absolute Gasteiger partial charge is 0.315 e. The van der Waals surface area contributed by atoms with Crippen molar-refractivity contribution in [1.82, 2.24) is 9.97 Å². The van der Waals surface area contributed by atoms with Crippen LogP contribution in [0.25, 0.3) is 33.2 Å². The first-order chi connectivity index (χ1) is 14.1.